The van der Waals surface area contributed by atoms with Gasteiger partial charge in [-0.15, -0.1) is 23.5 Å². The lowest BCUT2D eigenvalue weighted by Gasteiger charge is -2.59. The summed E-state index contributed by atoms with van der Waals surface area (Å²) in [5, 5.41) is 75.1. The van der Waals surface area contributed by atoms with Gasteiger partial charge in [0, 0.05) is 101 Å². The lowest BCUT2D eigenvalue weighted by molar-refractivity contribution is -0.169. The maximum absolute atomic E-state index is 14.9. The molecule has 14 aliphatic heterocycles. The Morgan fingerprint density at radius 1 is 0.550 bits per heavy atom. The van der Waals surface area contributed by atoms with E-state index in [9.17, 15) is 50.0 Å². The number of phenols is 4. The van der Waals surface area contributed by atoms with Gasteiger partial charge in [0.15, 0.2) is 80.1 Å². The Morgan fingerprint density at radius 2 is 0.972 bits per heavy atom. The predicted molar refractivity (Wildman–Crippen MR) is 393 cm³/mol. The molecule has 8 bridgehead atoms. The van der Waals surface area contributed by atoms with E-state index in [1.54, 1.807) is 24.3 Å². The van der Waals surface area contributed by atoms with Crippen molar-refractivity contribution >= 4 is 47.4 Å². The summed E-state index contributed by atoms with van der Waals surface area (Å²) in [5.41, 5.74) is 8.83. The number of esters is 4. The van der Waals surface area contributed by atoms with Crippen molar-refractivity contribution in [2.24, 2.45) is 0 Å². The first kappa shape index (κ1) is 72.6. The van der Waals surface area contributed by atoms with E-state index in [4.69, 9.17) is 56.8 Å². The quantitative estimate of drug-likeness (QED) is 0.0630. The van der Waals surface area contributed by atoms with Crippen LogP contribution >= 0.6 is 23.5 Å². The molecule has 14 heterocycles. The van der Waals surface area contributed by atoms with Crippen molar-refractivity contribution in [2.45, 2.75) is 149 Å². The van der Waals surface area contributed by atoms with E-state index in [0.29, 0.717) is 140 Å². The van der Waals surface area contributed by atoms with Gasteiger partial charge >= 0.3 is 23.9 Å². The van der Waals surface area contributed by atoms with Crippen molar-refractivity contribution in [3.63, 3.8) is 0 Å². The summed E-state index contributed by atoms with van der Waals surface area (Å²) in [6.07, 6.45) is 1.01. The molecule has 28 nitrogen and oxygen atoms in total. The lowest BCUT2D eigenvalue weighted by atomic mass is 9.72. The van der Waals surface area contributed by atoms with Crippen molar-refractivity contribution in [3.05, 3.63) is 125 Å². The highest BCUT2D eigenvalue weighted by Crippen LogP contribution is 2.67. The van der Waals surface area contributed by atoms with Gasteiger partial charge in [-0.2, -0.15) is 5.26 Å². The van der Waals surface area contributed by atoms with Gasteiger partial charge in [0.1, 0.15) is 37.0 Å². The highest BCUT2D eigenvalue weighted by molar-refractivity contribution is 7.99. The molecule has 0 saturated carbocycles. The van der Waals surface area contributed by atoms with Crippen LogP contribution in [0.5, 0.6) is 80.5 Å². The molecule has 0 radical (unpaired) electrons. The number of thioether (sulfide) groups is 2. The largest absolute Gasteiger partial charge is 0.504 e. The Hall–Kier alpha value is -9.29. The summed E-state index contributed by atoms with van der Waals surface area (Å²) in [4.78, 5) is 63.7. The smallest absolute Gasteiger partial charge is 0.332 e. The number of aliphatic hydroxyl groups is 1. The average Bonchev–Trinajstić information content (AvgIpc) is 1.41. The highest BCUT2D eigenvalue weighted by Gasteiger charge is 2.64. The van der Waals surface area contributed by atoms with E-state index in [1.165, 1.54) is 65.8 Å². The number of aromatic hydroxyl groups is 4. The number of aliphatic hydroxyl groups excluding tert-OH is 1. The third-order valence-corrected chi connectivity index (χ3v) is 27.6. The van der Waals surface area contributed by atoms with Crippen LogP contribution in [0.2, 0.25) is 0 Å². The molecule has 6 aromatic carbocycles. The number of hydrogen-bond donors (Lipinski definition) is 7. The van der Waals surface area contributed by atoms with E-state index >= 15 is 0 Å². The van der Waals surface area contributed by atoms with Gasteiger partial charge in [-0.05, 0) is 136 Å². The molecule has 0 aromatic heterocycles. The molecular weight excluding hydrogens is 1450 g/mol. The third-order valence-electron chi connectivity index (χ3n) is 24.7. The number of phenolic OH excluding ortho intramolecular Hbond substituents is 4. The van der Waals surface area contributed by atoms with E-state index in [2.05, 4.69) is 21.6 Å². The number of nitriles is 1. The van der Waals surface area contributed by atoms with Gasteiger partial charge in [0.05, 0.1) is 75.2 Å². The molecule has 0 amide bonds. The molecule has 4 saturated heterocycles. The van der Waals surface area contributed by atoms with E-state index < -0.39 is 100 Å². The topological polar surface area (TPSA) is 341 Å². The number of fused-ring (bicyclic) bond motifs is 18. The number of benzene rings is 6. The molecule has 7 N–H and O–H groups in total. The van der Waals surface area contributed by atoms with Crippen molar-refractivity contribution in [1.82, 2.24) is 30.2 Å². The third kappa shape index (κ3) is 10.5. The number of carbonyl (C=O) groups is 4. The SMILES string of the molecule is COc1cc2c(cc1O)CCN(C)[C@]21CS[C@@H]2c3c(OC(C)=O)c(C)c4c(c3[C@H](COC1=O)N1C2[C@@H]2N[C@@H](Cc3cc(C)c(OC)c(O)c32)[C@@H]1C#N)OCO4.COc1cc2c(cc1O)CCN(C)[C@]21CS[C@@H]2c3c(OC(C)=O)c(C)c4c(c3[C@H](COC1=O)N1C2[C@@H]2N[C@@H](Cc3cc(C)c(OC)c(O)c32)[C@@H]1O)OCO4. The number of rotatable bonds is 6. The van der Waals surface area contributed by atoms with Gasteiger partial charge in [0.25, 0.3) is 0 Å². The number of hydrogen-bond acceptors (Lipinski definition) is 30. The maximum atomic E-state index is 14.9. The molecule has 30 heteroatoms. The lowest BCUT2D eigenvalue weighted by Crippen LogP contribution is -2.69. The number of nitrogens with one attached hydrogen (secondary N) is 2. The molecule has 109 heavy (non-hydrogen) atoms. The Bertz CT molecular complexity index is 4960. The molecule has 14 aliphatic rings. The Balaban J connectivity index is 0.000000159. The van der Waals surface area contributed by atoms with E-state index in [1.807, 2.05) is 68.6 Å². The van der Waals surface area contributed by atoms with Crippen molar-refractivity contribution < 1.29 is 102 Å². The van der Waals surface area contributed by atoms with Crippen LogP contribution in [0, 0.1) is 39.0 Å². The summed E-state index contributed by atoms with van der Waals surface area (Å²) in [6.45, 7) is 10.7. The summed E-state index contributed by atoms with van der Waals surface area (Å²) in [7, 11) is 9.78. The van der Waals surface area contributed by atoms with Crippen LogP contribution in [0.4, 0.5) is 0 Å². The van der Waals surface area contributed by atoms with Gasteiger partial charge < -0.3 is 93.0 Å². The molecular formula is C79H85N7O21S2. The predicted octanol–water partition coefficient (Wildman–Crippen LogP) is 7.40. The molecule has 2 unspecified atom stereocenters. The number of aryl methyl sites for hydroxylation is 2. The average molecular weight is 1530 g/mol. The first-order valence-corrected chi connectivity index (χ1v) is 38.5. The number of carbonyl (C=O) groups excluding carboxylic acids is 4. The summed E-state index contributed by atoms with van der Waals surface area (Å²) < 4.78 is 72.1. The molecule has 0 aliphatic carbocycles. The first-order valence-electron chi connectivity index (χ1n) is 36.4. The molecule has 20 rings (SSSR count). The van der Waals surface area contributed by atoms with Gasteiger partial charge in [-0.1, -0.05) is 12.1 Å². The van der Waals surface area contributed by atoms with Crippen LogP contribution in [-0.2, 0) is 65.4 Å². The second-order valence-corrected chi connectivity index (χ2v) is 32.3. The summed E-state index contributed by atoms with van der Waals surface area (Å²) in [6, 6.07) is 8.17. The zero-order chi connectivity index (χ0) is 76.6. The monoisotopic (exact) mass is 1530 g/mol. The molecule has 6 aromatic rings. The Kier molecular flexibility index (Phi) is 17.8. The highest BCUT2D eigenvalue weighted by atomic mass is 32.2. The zero-order valence-electron chi connectivity index (χ0n) is 62.2. The number of methoxy groups -OCH3 is 4. The van der Waals surface area contributed by atoms with Crippen molar-refractivity contribution in [1.29, 1.82) is 5.26 Å². The van der Waals surface area contributed by atoms with Gasteiger partial charge in [0.2, 0.25) is 13.6 Å². The number of ether oxygens (including phenoxy) is 12. The summed E-state index contributed by atoms with van der Waals surface area (Å²) in [5.74, 6) is 2.00. The van der Waals surface area contributed by atoms with Crippen molar-refractivity contribution in [2.75, 3.05) is 93.9 Å². The normalized spacial score (nSPS) is 29.2. The fourth-order valence-electron chi connectivity index (χ4n) is 20.0. The Morgan fingerprint density at radius 3 is 1.40 bits per heavy atom. The minimum absolute atomic E-state index is 0.0173. The molecule has 14 atom stereocenters. The number of piperazine rings is 2. The fourth-order valence-corrected chi connectivity index (χ4v) is 23.6. The zero-order valence-corrected chi connectivity index (χ0v) is 63.8. The van der Waals surface area contributed by atoms with Gasteiger partial charge in [-0.25, -0.2) is 9.59 Å². The Labute approximate surface area is 636 Å². The van der Waals surface area contributed by atoms with Crippen LogP contribution in [0.15, 0.2) is 36.4 Å². The number of nitrogens with zero attached hydrogens (tertiary/aromatic N) is 5. The minimum atomic E-state index is -1.32. The molecule has 2 spiro atoms. The van der Waals surface area contributed by atoms with Crippen LogP contribution in [0.3, 0.4) is 0 Å². The van der Waals surface area contributed by atoms with Crippen LogP contribution < -0.4 is 58.0 Å². The minimum Gasteiger partial charge on any atom is -0.504 e. The van der Waals surface area contributed by atoms with Crippen molar-refractivity contribution in [3.8, 4) is 86.6 Å². The van der Waals surface area contributed by atoms with Crippen LogP contribution in [0.1, 0.15) is 138 Å². The number of likely N-dealkylation sites (N-methyl/N-ethyl adjacent to an activating group) is 2. The molecule has 574 valence electrons. The van der Waals surface area contributed by atoms with Crippen LogP contribution in [0.25, 0.3) is 0 Å². The maximum Gasteiger partial charge on any atom is 0.332 e. The van der Waals surface area contributed by atoms with Crippen LogP contribution in [-0.4, -0.2) is 199 Å². The van der Waals surface area contributed by atoms with E-state index in [-0.39, 0.29) is 78.8 Å². The van der Waals surface area contributed by atoms with Gasteiger partial charge in [-0.3, -0.25) is 29.2 Å². The second kappa shape index (κ2) is 26.7. The first-order chi connectivity index (χ1) is 52.3. The second-order valence-electron chi connectivity index (χ2n) is 30.1. The fraction of sp³-hybridized carbons (Fsp3) is 0.481. The standard InChI is InChI=1S/C40H42N4O10S.C39H43N3O11S/c1-17-9-21-10-23-24(13-41)44-25-14-51-39(48)40(22-12-27(49-5)26(46)11-20(22)7-8-43(40)4)15-55-38(32(44)31(42-23)28(21)33(47)34(17)50-6)30-29(25)37-36(52-16-53-37)18(2)35(30)54-19(3)45;1-16-9-20-10-22-37(46)42-23-13-50-38(47)39(21-12-25(48-5)24(44)11-19(21)7-8-41(39)4)14-54-36(30(42)29(40-22)26(20)31(45)32(16)49-6)28-27(23)35-34(51-15-52-35)17(2)33(28)53-18(3)43/h9,11-12,23-25,31-32,38,42,46-47H,7-8,10,14-16H2,1-6H3;9,11-12,22-23,29-30,36-37,40,44-46H,7-8,10,13-15H2,1-6H3/t23-,24-,25-,31+,32?,38+,40+;22-,23-,29+,30?,36+,37-,39+/m00/s1. The summed E-state index contributed by atoms with van der Waals surface area (Å²) >= 11 is 2.97. The van der Waals surface area contributed by atoms with E-state index in [0.717, 1.165) is 33.4 Å². The molecule has 4 fully saturated rings.